The van der Waals surface area contributed by atoms with Crippen molar-refractivity contribution in [1.29, 1.82) is 0 Å². The van der Waals surface area contributed by atoms with Crippen LogP contribution in [0, 0.1) is 20.8 Å². The second-order valence-electron chi connectivity index (χ2n) is 4.29. The third kappa shape index (κ3) is 3.75. The standard InChI is InChI=1S/C14H22OS/c1-11-7-8-12(2)14(13(11)3)15-9-5-4-6-10-16/h7-8,16H,4-6,9-10H2,1-3H3. The molecule has 1 rings (SSSR count). The van der Waals surface area contributed by atoms with Crippen molar-refractivity contribution < 1.29 is 4.74 Å². The summed E-state index contributed by atoms with van der Waals surface area (Å²) in [6.45, 7) is 7.18. The molecule has 90 valence electrons. The molecule has 0 radical (unpaired) electrons. The predicted molar refractivity (Wildman–Crippen MR) is 73.9 cm³/mol. The van der Waals surface area contributed by atoms with E-state index in [1.165, 1.54) is 29.5 Å². The molecule has 1 aromatic rings. The zero-order valence-corrected chi connectivity index (χ0v) is 11.4. The Hall–Kier alpha value is -0.630. The molecule has 0 atom stereocenters. The van der Waals surface area contributed by atoms with Crippen LogP contribution >= 0.6 is 12.6 Å². The molecule has 0 heterocycles. The van der Waals surface area contributed by atoms with Crippen molar-refractivity contribution in [3.63, 3.8) is 0 Å². The summed E-state index contributed by atoms with van der Waals surface area (Å²) < 4.78 is 5.87. The van der Waals surface area contributed by atoms with Gasteiger partial charge >= 0.3 is 0 Å². The van der Waals surface area contributed by atoms with Gasteiger partial charge in [-0.05, 0) is 62.5 Å². The number of benzene rings is 1. The van der Waals surface area contributed by atoms with E-state index < -0.39 is 0 Å². The average Bonchev–Trinajstić information content (AvgIpc) is 2.28. The Morgan fingerprint density at radius 1 is 1.00 bits per heavy atom. The summed E-state index contributed by atoms with van der Waals surface area (Å²) in [5, 5.41) is 0. The molecule has 0 aliphatic heterocycles. The van der Waals surface area contributed by atoms with Gasteiger partial charge in [0, 0.05) is 0 Å². The molecule has 0 N–H and O–H groups in total. The lowest BCUT2D eigenvalue weighted by Crippen LogP contribution is -2.01. The van der Waals surface area contributed by atoms with E-state index in [1.807, 2.05) is 0 Å². The predicted octanol–water partition coefficient (Wildman–Crippen LogP) is 4.09. The minimum absolute atomic E-state index is 0.818. The molecule has 0 amide bonds. The van der Waals surface area contributed by atoms with Crippen LogP contribution in [0.1, 0.15) is 36.0 Å². The van der Waals surface area contributed by atoms with Gasteiger partial charge in [-0.2, -0.15) is 12.6 Å². The molecule has 0 fully saturated rings. The molecule has 2 heteroatoms. The smallest absolute Gasteiger partial charge is 0.125 e. The maximum atomic E-state index is 5.87. The van der Waals surface area contributed by atoms with Crippen molar-refractivity contribution >= 4 is 12.6 Å². The fraction of sp³-hybridized carbons (Fsp3) is 0.571. The van der Waals surface area contributed by atoms with Crippen molar-refractivity contribution in [2.75, 3.05) is 12.4 Å². The summed E-state index contributed by atoms with van der Waals surface area (Å²) in [5.74, 6) is 2.05. The second-order valence-corrected chi connectivity index (χ2v) is 4.73. The van der Waals surface area contributed by atoms with Gasteiger partial charge in [0.05, 0.1) is 6.61 Å². The molecule has 0 unspecified atom stereocenters. The van der Waals surface area contributed by atoms with Crippen molar-refractivity contribution in [3.05, 3.63) is 28.8 Å². The Balaban J connectivity index is 2.50. The van der Waals surface area contributed by atoms with E-state index >= 15 is 0 Å². The number of unbranched alkanes of at least 4 members (excludes halogenated alkanes) is 2. The SMILES string of the molecule is Cc1ccc(C)c(OCCCCCS)c1C. The Labute approximate surface area is 105 Å². The molecule has 0 saturated heterocycles. The summed E-state index contributed by atoms with van der Waals surface area (Å²) in [4.78, 5) is 0. The fourth-order valence-corrected chi connectivity index (χ4v) is 1.94. The number of hydrogen-bond donors (Lipinski definition) is 1. The van der Waals surface area contributed by atoms with Crippen LogP contribution in [0.4, 0.5) is 0 Å². The van der Waals surface area contributed by atoms with Gasteiger partial charge in [0.2, 0.25) is 0 Å². The summed E-state index contributed by atoms with van der Waals surface area (Å²) in [5.41, 5.74) is 3.81. The molecule has 0 aromatic heterocycles. The van der Waals surface area contributed by atoms with E-state index in [9.17, 15) is 0 Å². The highest BCUT2D eigenvalue weighted by Gasteiger charge is 2.05. The maximum absolute atomic E-state index is 5.87. The quantitative estimate of drug-likeness (QED) is 0.580. The molecule has 0 aliphatic rings. The van der Waals surface area contributed by atoms with Crippen LogP contribution < -0.4 is 4.74 Å². The lowest BCUT2D eigenvalue weighted by atomic mass is 10.1. The topological polar surface area (TPSA) is 9.23 Å². The van der Waals surface area contributed by atoms with E-state index in [2.05, 4.69) is 45.5 Å². The fourth-order valence-electron chi connectivity index (χ4n) is 1.71. The third-order valence-corrected chi connectivity index (χ3v) is 3.24. The van der Waals surface area contributed by atoms with Gasteiger partial charge in [0.1, 0.15) is 5.75 Å². The first-order valence-electron chi connectivity index (χ1n) is 5.97. The highest BCUT2D eigenvalue weighted by atomic mass is 32.1. The first-order chi connectivity index (χ1) is 7.66. The van der Waals surface area contributed by atoms with Crippen LogP contribution in [0.25, 0.3) is 0 Å². The zero-order valence-electron chi connectivity index (χ0n) is 10.5. The Morgan fingerprint density at radius 3 is 2.38 bits per heavy atom. The van der Waals surface area contributed by atoms with Crippen LogP contribution in [-0.4, -0.2) is 12.4 Å². The van der Waals surface area contributed by atoms with Crippen molar-refractivity contribution in [1.82, 2.24) is 0 Å². The molecule has 0 bridgehead atoms. The monoisotopic (exact) mass is 238 g/mol. The van der Waals surface area contributed by atoms with Crippen LogP contribution in [0.15, 0.2) is 12.1 Å². The number of thiol groups is 1. The number of hydrogen-bond acceptors (Lipinski definition) is 2. The van der Waals surface area contributed by atoms with Crippen LogP contribution in [-0.2, 0) is 0 Å². The highest BCUT2D eigenvalue weighted by Crippen LogP contribution is 2.25. The van der Waals surface area contributed by atoms with E-state index in [0.717, 1.165) is 24.5 Å². The van der Waals surface area contributed by atoms with Crippen molar-refractivity contribution in [2.24, 2.45) is 0 Å². The first-order valence-corrected chi connectivity index (χ1v) is 6.60. The van der Waals surface area contributed by atoms with Crippen LogP contribution in [0.5, 0.6) is 5.75 Å². The average molecular weight is 238 g/mol. The third-order valence-electron chi connectivity index (χ3n) is 2.92. The number of aryl methyl sites for hydroxylation is 2. The summed E-state index contributed by atoms with van der Waals surface area (Å²) in [7, 11) is 0. The van der Waals surface area contributed by atoms with Gasteiger partial charge in [-0.3, -0.25) is 0 Å². The minimum atomic E-state index is 0.818. The number of rotatable bonds is 6. The molecule has 16 heavy (non-hydrogen) atoms. The van der Waals surface area contributed by atoms with Gasteiger partial charge in [-0.25, -0.2) is 0 Å². The Kier molecular flexibility index (Phi) is 5.75. The van der Waals surface area contributed by atoms with E-state index in [0.29, 0.717) is 0 Å². The molecular formula is C14H22OS. The zero-order chi connectivity index (χ0) is 12.0. The minimum Gasteiger partial charge on any atom is -0.493 e. The molecule has 0 aliphatic carbocycles. The molecule has 1 nitrogen and oxygen atoms in total. The maximum Gasteiger partial charge on any atom is 0.125 e. The lowest BCUT2D eigenvalue weighted by Gasteiger charge is -2.13. The van der Waals surface area contributed by atoms with Crippen molar-refractivity contribution in [3.8, 4) is 5.75 Å². The highest BCUT2D eigenvalue weighted by molar-refractivity contribution is 7.80. The van der Waals surface area contributed by atoms with Crippen molar-refractivity contribution in [2.45, 2.75) is 40.0 Å². The summed E-state index contributed by atoms with van der Waals surface area (Å²) in [6, 6.07) is 4.28. The molecule has 0 spiro atoms. The Bertz CT molecular complexity index is 334. The van der Waals surface area contributed by atoms with E-state index in [4.69, 9.17) is 4.74 Å². The van der Waals surface area contributed by atoms with E-state index in [1.54, 1.807) is 0 Å². The second kappa shape index (κ2) is 6.85. The largest absolute Gasteiger partial charge is 0.493 e. The summed E-state index contributed by atoms with van der Waals surface area (Å²) in [6.07, 6.45) is 3.50. The first kappa shape index (κ1) is 13.4. The van der Waals surface area contributed by atoms with Crippen LogP contribution in [0.3, 0.4) is 0 Å². The molecule has 1 aromatic carbocycles. The molecule has 0 saturated carbocycles. The normalized spacial score (nSPS) is 10.5. The van der Waals surface area contributed by atoms with Gasteiger partial charge in [-0.15, -0.1) is 0 Å². The van der Waals surface area contributed by atoms with Gasteiger partial charge in [0.25, 0.3) is 0 Å². The van der Waals surface area contributed by atoms with Gasteiger partial charge in [0.15, 0.2) is 0 Å². The van der Waals surface area contributed by atoms with Gasteiger partial charge < -0.3 is 4.74 Å². The summed E-state index contributed by atoms with van der Waals surface area (Å²) >= 11 is 4.20. The molecular weight excluding hydrogens is 216 g/mol. The van der Waals surface area contributed by atoms with Crippen LogP contribution in [0.2, 0.25) is 0 Å². The van der Waals surface area contributed by atoms with E-state index in [-0.39, 0.29) is 0 Å². The lowest BCUT2D eigenvalue weighted by molar-refractivity contribution is 0.302. The van der Waals surface area contributed by atoms with Gasteiger partial charge in [-0.1, -0.05) is 12.1 Å². The number of ether oxygens (including phenoxy) is 1. The Morgan fingerprint density at radius 2 is 1.69 bits per heavy atom.